The molecule has 60 heavy (non-hydrogen) atoms. The van der Waals surface area contributed by atoms with Gasteiger partial charge < -0.3 is 42.5 Å². The average molecular weight is 829 g/mol. The quantitative estimate of drug-likeness (QED) is 0.0348. The number of pyridine rings is 2. The number of esters is 1. The van der Waals surface area contributed by atoms with E-state index in [-0.39, 0.29) is 24.7 Å². The molecule has 6 rings (SSSR count). The van der Waals surface area contributed by atoms with E-state index in [1.54, 1.807) is 17.6 Å². The average Bonchev–Trinajstić information content (AvgIpc) is 3.63. The van der Waals surface area contributed by atoms with Crippen LogP contribution in [0.2, 0.25) is 0 Å². The van der Waals surface area contributed by atoms with E-state index in [1.165, 1.54) is 0 Å². The van der Waals surface area contributed by atoms with Crippen molar-refractivity contribution in [3.8, 4) is 22.9 Å². The molecule has 0 bridgehead atoms. The van der Waals surface area contributed by atoms with E-state index >= 15 is 0 Å². The van der Waals surface area contributed by atoms with Crippen LogP contribution in [-0.2, 0) is 57.6 Å². The number of ether oxygens (including phenoxy) is 8. The third-order valence-corrected chi connectivity index (χ3v) is 10.3. The standard InChI is InChI=1S/C45H56N4O11/c1-5-13-53-14-15-54-16-17-55-18-19-56-20-21-57-22-23-58-32-10-8-9-31(24-32)30(4)47-48-42(50)29-59-33-11-12-40-37(25-33)34(6-2)38-27-49-41(43(38)46-40)26-36-35(7-3)45(52)60-28-39(36)44(49)51/h8-12,24-26,35H,5-7,13-23,27-29H2,1-4H3,(H,48,50)/b47-30+/t35-/m1/s1. The number of benzene rings is 2. The molecule has 322 valence electrons. The third-order valence-electron chi connectivity index (χ3n) is 10.3. The van der Waals surface area contributed by atoms with E-state index in [0.717, 1.165) is 51.9 Å². The Kier molecular flexibility index (Phi) is 16.6. The fourth-order valence-corrected chi connectivity index (χ4v) is 7.20. The number of cyclic esters (lactones) is 1. The van der Waals surface area contributed by atoms with Gasteiger partial charge in [0, 0.05) is 23.1 Å². The van der Waals surface area contributed by atoms with Gasteiger partial charge in [0.1, 0.15) is 24.7 Å². The lowest BCUT2D eigenvalue weighted by atomic mass is 9.90. The number of amides is 1. The van der Waals surface area contributed by atoms with E-state index in [4.69, 9.17) is 42.9 Å². The smallest absolute Gasteiger partial charge is 0.313 e. The van der Waals surface area contributed by atoms with E-state index in [9.17, 15) is 14.4 Å². The van der Waals surface area contributed by atoms with Crippen LogP contribution in [0.3, 0.4) is 0 Å². The highest BCUT2D eigenvalue weighted by Crippen LogP contribution is 2.39. The van der Waals surface area contributed by atoms with Gasteiger partial charge in [0.05, 0.1) is 100 Å². The number of hydrogen-bond acceptors (Lipinski definition) is 13. The van der Waals surface area contributed by atoms with Crippen LogP contribution in [-0.4, -0.2) is 106 Å². The molecule has 0 unspecified atom stereocenters. The topological polar surface area (TPSA) is 167 Å². The number of carbonyl (C=O) groups excluding carboxylic acids is 2. The number of aromatic nitrogens is 2. The lowest BCUT2D eigenvalue weighted by Crippen LogP contribution is -2.32. The minimum atomic E-state index is -0.468. The maximum Gasteiger partial charge on any atom is 0.313 e. The second kappa shape index (κ2) is 22.4. The van der Waals surface area contributed by atoms with Crippen LogP contribution in [0.1, 0.15) is 74.3 Å². The van der Waals surface area contributed by atoms with Gasteiger partial charge in [-0.2, -0.15) is 5.10 Å². The van der Waals surface area contributed by atoms with Crippen molar-refractivity contribution in [2.24, 2.45) is 5.10 Å². The monoisotopic (exact) mass is 828 g/mol. The molecular formula is C45H56N4O11. The molecule has 2 aromatic carbocycles. The molecule has 0 radical (unpaired) electrons. The van der Waals surface area contributed by atoms with Gasteiger partial charge >= 0.3 is 5.97 Å². The fraction of sp³-hybridized carbons (Fsp3) is 0.489. The lowest BCUT2D eigenvalue weighted by molar-refractivity contribution is -0.148. The number of fused-ring (bicyclic) bond motifs is 5. The van der Waals surface area contributed by atoms with Crippen LogP contribution in [0, 0.1) is 0 Å². The molecule has 4 heterocycles. The van der Waals surface area contributed by atoms with Crippen molar-refractivity contribution in [1.29, 1.82) is 0 Å². The Labute approximate surface area is 350 Å². The van der Waals surface area contributed by atoms with Crippen molar-refractivity contribution in [3.63, 3.8) is 0 Å². The number of nitrogens with one attached hydrogen (secondary N) is 1. The summed E-state index contributed by atoms with van der Waals surface area (Å²) in [6.07, 6.45) is 2.25. The summed E-state index contributed by atoms with van der Waals surface area (Å²) in [5.74, 6) is -0.0271. The third kappa shape index (κ3) is 11.3. The van der Waals surface area contributed by atoms with Crippen molar-refractivity contribution in [3.05, 3.63) is 86.7 Å². The predicted molar refractivity (Wildman–Crippen MR) is 225 cm³/mol. The van der Waals surface area contributed by atoms with Crippen molar-refractivity contribution < 1.29 is 47.5 Å². The maximum atomic E-state index is 13.6. The van der Waals surface area contributed by atoms with E-state index < -0.39 is 11.8 Å². The maximum absolute atomic E-state index is 13.6. The molecule has 15 nitrogen and oxygen atoms in total. The number of hydrazone groups is 1. The summed E-state index contributed by atoms with van der Waals surface area (Å²) in [5.41, 5.74) is 9.31. The first-order chi connectivity index (χ1) is 29.3. The first-order valence-corrected chi connectivity index (χ1v) is 20.8. The number of aryl methyl sites for hydroxylation is 1. The van der Waals surface area contributed by atoms with Gasteiger partial charge in [-0.3, -0.25) is 14.4 Å². The molecule has 2 aliphatic heterocycles. The summed E-state index contributed by atoms with van der Waals surface area (Å²) in [6, 6.07) is 14.9. The molecule has 2 aromatic heterocycles. The summed E-state index contributed by atoms with van der Waals surface area (Å²) >= 11 is 0. The molecule has 15 heteroatoms. The first kappa shape index (κ1) is 44.4. The molecule has 1 N–H and O–H groups in total. The van der Waals surface area contributed by atoms with Crippen molar-refractivity contribution in [1.82, 2.24) is 15.0 Å². The van der Waals surface area contributed by atoms with E-state index in [1.807, 2.05) is 49.4 Å². The highest BCUT2D eigenvalue weighted by molar-refractivity contribution is 5.99. The van der Waals surface area contributed by atoms with Crippen LogP contribution in [0.4, 0.5) is 0 Å². The molecule has 1 atom stereocenters. The number of carbonyl (C=O) groups is 2. The predicted octanol–water partition coefficient (Wildman–Crippen LogP) is 5.33. The second-order valence-corrected chi connectivity index (χ2v) is 14.3. The van der Waals surface area contributed by atoms with Gasteiger partial charge in [-0.25, -0.2) is 10.4 Å². The summed E-state index contributed by atoms with van der Waals surface area (Å²) < 4.78 is 46.3. The Morgan fingerprint density at radius 1 is 0.817 bits per heavy atom. The van der Waals surface area contributed by atoms with Crippen LogP contribution in [0.5, 0.6) is 11.5 Å². The molecule has 0 aliphatic carbocycles. The summed E-state index contributed by atoms with van der Waals surface area (Å²) in [6.45, 7) is 13.6. The van der Waals surface area contributed by atoms with Gasteiger partial charge in [0.15, 0.2) is 6.61 Å². The van der Waals surface area contributed by atoms with Gasteiger partial charge in [-0.05, 0) is 73.7 Å². The highest BCUT2D eigenvalue weighted by atomic mass is 16.6. The van der Waals surface area contributed by atoms with Gasteiger partial charge in [-0.15, -0.1) is 0 Å². The van der Waals surface area contributed by atoms with Crippen molar-refractivity contribution in [2.45, 2.75) is 66.0 Å². The van der Waals surface area contributed by atoms with E-state index in [2.05, 4.69) is 24.4 Å². The van der Waals surface area contributed by atoms with Crippen LogP contribution in [0.15, 0.2) is 58.4 Å². The van der Waals surface area contributed by atoms with Crippen LogP contribution < -0.4 is 20.5 Å². The Hall–Kier alpha value is -5.19. The summed E-state index contributed by atoms with van der Waals surface area (Å²) in [7, 11) is 0. The fourth-order valence-electron chi connectivity index (χ4n) is 7.20. The molecule has 0 saturated heterocycles. The van der Waals surface area contributed by atoms with Gasteiger partial charge in [0.2, 0.25) is 0 Å². The molecule has 0 spiro atoms. The molecular weight excluding hydrogens is 773 g/mol. The summed E-state index contributed by atoms with van der Waals surface area (Å²) in [4.78, 5) is 43.9. The zero-order chi connectivity index (χ0) is 42.3. The SMILES string of the molecule is CCCOCCOCCOCCOCCOCCOc1cccc(/C(C)=N/NC(=O)COc2ccc3nc4c(c(CC)c3c2)Cn2c-4cc3c(c2=O)COC(=O)[C@@H]3CC)c1. The highest BCUT2D eigenvalue weighted by Gasteiger charge is 2.34. The minimum Gasteiger partial charge on any atom is -0.491 e. The molecule has 1 amide bonds. The Morgan fingerprint density at radius 3 is 2.15 bits per heavy atom. The molecule has 0 saturated carbocycles. The zero-order valence-corrected chi connectivity index (χ0v) is 35.0. The Morgan fingerprint density at radius 2 is 1.48 bits per heavy atom. The molecule has 4 aromatic rings. The van der Waals surface area contributed by atoms with Crippen molar-refractivity contribution >= 4 is 28.5 Å². The normalized spacial score (nSPS) is 14.4. The van der Waals surface area contributed by atoms with Crippen molar-refractivity contribution in [2.75, 3.05) is 79.3 Å². The first-order valence-electron chi connectivity index (χ1n) is 20.8. The summed E-state index contributed by atoms with van der Waals surface area (Å²) in [5, 5.41) is 5.16. The minimum absolute atomic E-state index is 0.0156. The zero-order valence-electron chi connectivity index (χ0n) is 35.0. The lowest BCUT2D eigenvalue weighted by Gasteiger charge is -2.24. The van der Waals surface area contributed by atoms with Crippen LogP contribution >= 0.6 is 0 Å². The van der Waals surface area contributed by atoms with Crippen LogP contribution in [0.25, 0.3) is 22.3 Å². The largest absolute Gasteiger partial charge is 0.491 e. The number of hydrogen-bond donors (Lipinski definition) is 1. The second-order valence-electron chi connectivity index (χ2n) is 14.3. The molecule has 2 aliphatic rings. The number of rotatable bonds is 25. The molecule has 0 fully saturated rings. The van der Waals surface area contributed by atoms with Gasteiger partial charge in [-0.1, -0.05) is 32.9 Å². The Balaban J connectivity index is 0.923. The number of nitrogens with zero attached hydrogens (tertiary/aromatic N) is 3. The van der Waals surface area contributed by atoms with E-state index in [0.29, 0.717) is 114 Å². The van der Waals surface area contributed by atoms with Gasteiger partial charge in [0.25, 0.3) is 11.5 Å². The Bertz CT molecular complexity index is 2190.